The van der Waals surface area contributed by atoms with Gasteiger partial charge >= 0.3 is 0 Å². The molecule has 3 aromatic rings. The molecule has 3 rings (SSSR count). The van der Waals surface area contributed by atoms with Gasteiger partial charge in [0.05, 0.1) is 17.1 Å². The van der Waals surface area contributed by atoms with E-state index in [2.05, 4.69) is 5.16 Å². The molecule has 5 nitrogen and oxygen atoms in total. The third kappa shape index (κ3) is 3.33. The fourth-order valence-corrected chi connectivity index (χ4v) is 3.37. The van der Waals surface area contributed by atoms with E-state index < -0.39 is 10.0 Å². The van der Waals surface area contributed by atoms with E-state index in [0.717, 1.165) is 5.56 Å². The Bertz CT molecular complexity index is 874. The maximum atomic E-state index is 12.5. The Balaban J connectivity index is 1.79. The minimum absolute atomic E-state index is 0.146. The zero-order valence-corrected chi connectivity index (χ0v) is 13.4. The summed E-state index contributed by atoms with van der Waals surface area (Å²) in [6, 6.07) is 19.6. The second-order valence-corrected chi connectivity index (χ2v) is 7.17. The Morgan fingerprint density at radius 1 is 1.00 bits per heavy atom. The average Bonchev–Trinajstić information content (AvgIpc) is 3.05. The van der Waals surface area contributed by atoms with Crippen LogP contribution in [0, 0.1) is 0 Å². The third-order valence-corrected chi connectivity index (χ3v) is 5.27. The zero-order chi connectivity index (χ0) is 16.3. The van der Waals surface area contributed by atoms with Crippen LogP contribution < -0.4 is 0 Å². The highest BCUT2D eigenvalue weighted by Gasteiger charge is 2.21. The van der Waals surface area contributed by atoms with Crippen LogP contribution in [0.3, 0.4) is 0 Å². The van der Waals surface area contributed by atoms with E-state index in [1.165, 1.54) is 11.4 Å². The van der Waals surface area contributed by atoms with Crippen LogP contribution in [0.15, 0.2) is 76.1 Å². The predicted octanol–water partition coefficient (Wildman–Crippen LogP) is 3.16. The molecule has 0 bridgehead atoms. The van der Waals surface area contributed by atoms with E-state index in [4.69, 9.17) is 4.52 Å². The molecule has 0 aliphatic heterocycles. The smallest absolute Gasteiger partial charge is 0.243 e. The standard InChI is InChI=1S/C17H16N2O3S/c1-19(23(20,21)16-10-6-3-7-11-16)13-15-12-17(22-18-15)14-8-4-2-5-9-14/h2-12H,13H2,1H3. The van der Waals surface area contributed by atoms with Gasteiger partial charge in [-0.2, -0.15) is 4.31 Å². The molecule has 0 saturated carbocycles. The molecule has 0 aliphatic carbocycles. The van der Waals surface area contributed by atoms with Crippen LogP contribution in [0.2, 0.25) is 0 Å². The van der Waals surface area contributed by atoms with Crippen LogP contribution >= 0.6 is 0 Å². The zero-order valence-electron chi connectivity index (χ0n) is 12.6. The normalized spacial score (nSPS) is 11.7. The summed E-state index contributed by atoms with van der Waals surface area (Å²) in [7, 11) is -2.01. The van der Waals surface area contributed by atoms with Crippen LogP contribution in [0.25, 0.3) is 11.3 Å². The summed E-state index contributed by atoms with van der Waals surface area (Å²) in [4.78, 5) is 0.259. The van der Waals surface area contributed by atoms with Gasteiger partial charge in [-0.25, -0.2) is 8.42 Å². The maximum Gasteiger partial charge on any atom is 0.243 e. The van der Waals surface area contributed by atoms with Crippen LogP contribution in [0.4, 0.5) is 0 Å². The molecule has 0 radical (unpaired) electrons. The van der Waals surface area contributed by atoms with E-state index in [1.807, 2.05) is 30.3 Å². The van der Waals surface area contributed by atoms with Crippen molar-refractivity contribution in [3.63, 3.8) is 0 Å². The second-order valence-electron chi connectivity index (χ2n) is 5.12. The summed E-state index contributed by atoms with van der Waals surface area (Å²) >= 11 is 0. The molecule has 118 valence electrons. The van der Waals surface area contributed by atoms with Gasteiger partial charge < -0.3 is 4.52 Å². The van der Waals surface area contributed by atoms with Gasteiger partial charge in [0.2, 0.25) is 10.0 Å². The molecule has 0 unspecified atom stereocenters. The molecule has 0 amide bonds. The largest absolute Gasteiger partial charge is 0.356 e. The van der Waals surface area contributed by atoms with Crippen molar-refractivity contribution in [1.82, 2.24) is 9.46 Å². The monoisotopic (exact) mass is 328 g/mol. The lowest BCUT2D eigenvalue weighted by Gasteiger charge is -2.15. The van der Waals surface area contributed by atoms with Gasteiger partial charge in [-0.1, -0.05) is 53.7 Å². The summed E-state index contributed by atoms with van der Waals surface area (Å²) in [6.45, 7) is 0.146. The molecular weight excluding hydrogens is 312 g/mol. The fraction of sp³-hybridized carbons (Fsp3) is 0.118. The number of aromatic nitrogens is 1. The lowest BCUT2D eigenvalue weighted by atomic mass is 10.2. The first-order valence-electron chi connectivity index (χ1n) is 7.10. The predicted molar refractivity (Wildman–Crippen MR) is 87.0 cm³/mol. The van der Waals surface area contributed by atoms with Crippen LogP contribution in [-0.2, 0) is 16.6 Å². The highest BCUT2D eigenvalue weighted by molar-refractivity contribution is 7.89. The molecule has 0 spiro atoms. The van der Waals surface area contributed by atoms with Crippen molar-refractivity contribution in [1.29, 1.82) is 0 Å². The highest BCUT2D eigenvalue weighted by atomic mass is 32.2. The Morgan fingerprint density at radius 3 is 2.26 bits per heavy atom. The van der Waals surface area contributed by atoms with Gasteiger partial charge in [0.15, 0.2) is 5.76 Å². The Labute approximate surface area is 135 Å². The molecular formula is C17H16N2O3S. The van der Waals surface area contributed by atoms with Gasteiger partial charge in [0, 0.05) is 18.7 Å². The summed E-state index contributed by atoms with van der Waals surface area (Å²) in [5, 5.41) is 3.96. The number of rotatable bonds is 5. The van der Waals surface area contributed by atoms with Crippen molar-refractivity contribution >= 4 is 10.0 Å². The molecule has 2 aromatic carbocycles. The van der Waals surface area contributed by atoms with Crippen LogP contribution in [0.1, 0.15) is 5.69 Å². The second kappa shape index (κ2) is 6.36. The minimum Gasteiger partial charge on any atom is -0.356 e. The Morgan fingerprint density at radius 2 is 1.61 bits per heavy atom. The van der Waals surface area contributed by atoms with Crippen molar-refractivity contribution in [3.05, 3.63) is 72.4 Å². The molecule has 0 saturated heterocycles. The number of hydrogen-bond donors (Lipinski definition) is 0. The van der Waals surface area contributed by atoms with Gasteiger partial charge in [-0.3, -0.25) is 0 Å². The number of sulfonamides is 1. The van der Waals surface area contributed by atoms with E-state index in [-0.39, 0.29) is 11.4 Å². The van der Waals surface area contributed by atoms with Gasteiger partial charge in [0.1, 0.15) is 0 Å². The van der Waals surface area contributed by atoms with E-state index in [0.29, 0.717) is 11.5 Å². The topological polar surface area (TPSA) is 63.4 Å². The van der Waals surface area contributed by atoms with Crippen molar-refractivity contribution in [2.75, 3.05) is 7.05 Å². The summed E-state index contributed by atoms with van der Waals surface area (Å²) in [5.41, 5.74) is 1.46. The minimum atomic E-state index is -3.54. The number of hydrogen-bond acceptors (Lipinski definition) is 4. The molecule has 23 heavy (non-hydrogen) atoms. The highest BCUT2D eigenvalue weighted by Crippen LogP contribution is 2.21. The lowest BCUT2D eigenvalue weighted by molar-refractivity contribution is 0.402. The average molecular weight is 328 g/mol. The molecule has 0 fully saturated rings. The van der Waals surface area contributed by atoms with E-state index >= 15 is 0 Å². The molecule has 0 aliphatic rings. The van der Waals surface area contributed by atoms with Crippen molar-refractivity contribution in [2.45, 2.75) is 11.4 Å². The Hall–Kier alpha value is -2.44. The van der Waals surface area contributed by atoms with Crippen LogP contribution in [-0.4, -0.2) is 24.9 Å². The molecule has 0 N–H and O–H groups in total. The molecule has 6 heteroatoms. The van der Waals surface area contributed by atoms with Crippen molar-refractivity contribution in [3.8, 4) is 11.3 Å². The third-order valence-electron chi connectivity index (χ3n) is 3.45. The van der Waals surface area contributed by atoms with E-state index in [1.54, 1.807) is 36.4 Å². The summed E-state index contributed by atoms with van der Waals surface area (Å²) < 4.78 is 31.5. The first-order valence-corrected chi connectivity index (χ1v) is 8.54. The molecule has 1 aromatic heterocycles. The van der Waals surface area contributed by atoms with Gasteiger partial charge in [-0.05, 0) is 12.1 Å². The maximum absolute atomic E-state index is 12.5. The van der Waals surface area contributed by atoms with Crippen molar-refractivity contribution in [2.24, 2.45) is 0 Å². The van der Waals surface area contributed by atoms with Gasteiger partial charge in [-0.15, -0.1) is 0 Å². The SMILES string of the molecule is CN(Cc1cc(-c2ccccc2)on1)S(=O)(=O)c1ccccc1. The lowest BCUT2D eigenvalue weighted by Crippen LogP contribution is -2.26. The summed E-state index contributed by atoms with van der Waals surface area (Å²) in [6.07, 6.45) is 0. The van der Waals surface area contributed by atoms with Crippen molar-refractivity contribution < 1.29 is 12.9 Å². The quantitative estimate of drug-likeness (QED) is 0.722. The fourth-order valence-electron chi connectivity index (χ4n) is 2.21. The first kappa shape index (κ1) is 15.5. The van der Waals surface area contributed by atoms with E-state index in [9.17, 15) is 8.42 Å². The number of nitrogens with zero attached hydrogens (tertiary/aromatic N) is 2. The molecule has 1 heterocycles. The summed E-state index contributed by atoms with van der Waals surface area (Å²) in [5.74, 6) is 0.617. The number of benzene rings is 2. The van der Waals surface area contributed by atoms with Crippen LogP contribution in [0.5, 0.6) is 0 Å². The first-order chi connectivity index (χ1) is 11.1. The Kier molecular flexibility index (Phi) is 4.27. The molecule has 0 atom stereocenters. The van der Waals surface area contributed by atoms with Gasteiger partial charge in [0.25, 0.3) is 0 Å².